The molecule has 0 aromatic heterocycles. The predicted molar refractivity (Wildman–Crippen MR) is 86.2 cm³/mol. The van der Waals surface area contributed by atoms with Crippen LogP contribution < -0.4 is 0 Å². The van der Waals surface area contributed by atoms with E-state index >= 15 is 0 Å². The van der Waals surface area contributed by atoms with Crippen LogP contribution in [0, 0.1) is 0 Å². The van der Waals surface area contributed by atoms with E-state index in [0.29, 0.717) is 0 Å². The number of carbonyl (C=O) groups is 1. The first-order chi connectivity index (χ1) is 9.57. The first-order valence-electron chi connectivity index (χ1n) is 8.46. The summed E-state index contributed by atoms with van der Waals surface area (Å²) in [5, 5.41) is 8.87. The summed E-state index contributed by atoms with van der Waals surface area (Å²) in [6.07, 6.45) is 14.6. The minimum Gasteiger partial charge on any atom is -0.481 e. The number of carboxylic acid groups (broad SMARTS) is 1. The maximum absolute atomic E-state index is 10.8. The molecule has 0 saturated heterocycles. The van der Waals surface area contributed by atoms with Crippen LogP contribution in [0.4, 0.5) is 0 Å². The first-order valence-corrected chi connectivity index (χ1v) is 8.46. The SMILES string of the molecule is CCCCCCCCCCCCC(CC(=O)O)N(C)C. The van der Waals surface area contributed by atoms with Crippen molar-refractivity contribution in [2.75, 3.05) is 14.1 Å². The minimum absolute atomic E-state index is 0.196. The fourth-order valence-electron chi connectivity index (χ4n) is 2.61. The van der Waals surface area contributed by atoms with Crippen molar-refractivity contribution in [3.63, 3.8) is 0 Å². The molecule has 0 aliphatic rings. The highest BCUT2D eigenvalue weighted by Gasteiger charge is 2.14. The van der Waals surface area contributed by atoms with E-state index in [0.717, 1.165) is 12.8 Å². The smallest absolute Gasteiger partial charge is 0.304 e. The van der Waals surface area contributed by atoms with Crippen molar-refractivity contribution >= 4 is 5.97 Å². The van der Waals surface area contributed by atoms with Gasteiger partial charge in [-0.05, 0) is 20.5 Å². The molecule has 20 heavy (non-hydrogen) atoms. The monoisotopic (exact) mass is 285 g/mol. The highest BCUT2D eigenvalue weighted by atomic mass is 16.4. The quantitative estimate of drug-likeness (QED) is 0.470. The molecular formula is C17H35NO2. The number of nitrogens with zero attached hydrogens (tertiary/aromatic N) is 1. The Bertz CT molecular complexity index is 229. The number of hydrogen-bond donors (Lipinski definition) is 1. The fourth-order valence-corrected chi connectivity index (χ4v) is 2.61. The van der Waals surface area contributed by atoms with Crippen molar-refractivity contribution in [3.05, 3.63) is 0 Å². The molecule has 1 atom stereocenters. The summed E-state index contributed by atoms with van der Waals surface area (Å²) in [7, 11) is 3.95. The Labute approximate surface area is 125 Å². The molecule has 0 aliphatic carbocycles. The molecule has 3 heteroatoms. The summed E-state index contributed by atoms with van der Waals surface area (Å²) >= 11 is 0. The van der Waals surface area contributed by atoms with Gasteiger partial charge in [-0.1, -0.05) is 71.1 Å². The molecule has 0 heterocycles. The zero-order chi connectivity index (χ0) is 15.2. The lowest BCUT2D eigenvalue weighted by Crippen LogP contribution is -2.30. The molecular weight excluding hydrogens is 250 g/mol. The van der Waals surface area contributed by atoms with Crippen molar-refractivity contribution in [3.8, 4) is 0 Å². The molecule has 0 saturated carbocycles. The highest BCUT2D eigenvalue weighted by molar-refractivity contribution is 5.67. The van der Waals surface area contributed by atoms with Gasteiger partial charge in [0.15, 0.2) is 0 Å². The van der Waals surface area contributed by atoms with Gasteiger partial charge < -0.3 is 10.0 Å². The molecule has 0 spiro atoms. The summed E-state index contributed by atoms with van der Waals surface area (Å²) < 4.78 is 0. The van der Waals surface area contributed by atoms with Crippen LogP contribution in [0.5, 0.6) is 0 Å². The van der Waals surface area contributed by atoms with E-state index in [4.69, 9.17) is 5.11 Å². The van der Waals surface area contributed by atoms with E-state index in [9.17, 15) is 4.79 Å². The fraction of sp³-hybridized carbons (Fsp3) is 0.941. The Morgan fingerprint density at radius 3 is 1.75 bits per heavy atom. The molecule has 0 aliphatic heterocycles. The zero-order valence-corrected chi connectivity index (χ0v) is 13.9. The molecule has 1 unspecified atom stereocenters. The van der Waals surface area contributed by atoms with E-state index < -0.39 is 5.97 Å². The van der Waals surface area contributed by atoms with Crippen LogP contribution in [-0.2, 0) is 4.79 Å². The lowest BCUT2D eigenvalue weighted by Gasteiger charge is -2.22. The average molecular weight is 285 g/mol. The number of carboxylic acids is 1. The second-order valence-electron chi connectivity index (χ2n) is 6.19. The third-order valence-electron chi connectivity index (χ3n) is 4.03. The number of unbranched alkanes of at least 4 members (excludes halogenated alkanes) is 9. The molecule has 0 amide bonds. The molecule has 0 rings (SSSR count). The average Bonchev–Trinajstić information content (AvgIpc) is 2.39. The second-order valence-corrected chi connectivity index (χ2v) is 6.19. The Balaban J connectivity index is 3.39. The molecule has 120 valence electrons. The summed E-state index contributed by atoms with van der Waals surface area (Å²) in [4.78, 5) is 12.8. The van der Waals surface area contributed by atoms with Crippen LogP contribution in [0.1, 0.15) is 84.0 Å². The van der Waals surface area contributed by atoms with Crippen molar-refractivity contribution in [1.29, 1.82) is 0 Å². The molecule has 0 aromatic rings. The molecule has 0 aromatic carbocycles. The van der Waals surface area contributed by atoms with Crippen LogP contribution >= 0.6 is 0 Å². The first kappa shape index (κ1) is 19.4. The number of hydrogen-bond acceptors (Lipinski definition) is 2. The Morgan fingerprint density at radius 1 is 0.900 bits per heavy atom. The van der Waals surface area contributed by atoms with Gasteiger partial charge in [0.25, 0.3) is 0 Å². The van der Waals surface area contributed by atoms with Crippen molar-refractivity contribution < 1.29 is 9.90 Å². The highest BCUT2D eigenvalue weighted by Crippen LogP contribution is 2.14. The normalized spacial score (nSPS) is 12.8. The van der Waals surface area contributed by atoms with Crippen LogP contribution in [-0.4, -0.2) is 36.1 Å². The zero-order valence-electron chi connectivity index (χ0n) is 13.9. The largest absolute Gasteiger partial charge is 0.481 e. The summed E-state index contributed by atoms with van der Waals surface area (Å²) in [5.74, 6) is -0.684. The maximum Gasteiger partial charge on any atom is 0.304 e. The van der Waals surface area contributed by atoms with Gasteiger partial charge in [-0.2, -0.15) is 0 Å². The van der Waals surface area contributed by atoms with Gasteiger partial charge in [-0.15, -0.1) is 0 Å². The standard InChI is InChI=1S/C17H35NO2/c1-4-5-6-7-8-9-10-11-12-13-14-16(18(2)3)15-17(19)20/h16H,4-15H2,1-3H3,(H,19,20). The van der Waals surface area contributed by atoms with Gasteiger partial charge in [0, 0.05) is 6.04 Å². The topological polar surface area (TPSA) is 40.5 Å². The molecule has 0 radical (unpaired) electrons. The Morgan fingerprint density at radius 2 is 1.35 bits per heavy atom. The van der Waals surface area contributed by atoms with Gasteiger partial charge in [0.2, 0.25) is 0 Å². The predicted octanol–water partition coefficient (Wildman–Crippen LogP) is 4.70. The van der Waals surface area contributed by atoms with E-state index in [1.165, 1.54) is 57.8 Å². The minimum atomic E-state index is -0.684. The van der Waals surface area contributed by atoms with Gasteiger partial charge in [-0.25, -0.2) is 0 Å². The molecule has 1 N–H and O–H groups in total. The van der Waals surface area contributed by atoms with Gasteiger partial charge in [0.05, 0.1) is 6.42 Å². The van der Waals surface area contributed by atoms with Crippen molar-refractivity contribution in [2.24, 2.45) is 0 Å². The van der Waals surface area contributed by atoms with Gasteiger partial charge in [0.1, 0.15) is 0 Å². The molecule has 0 fully saturated rings. The van der Waals surface area contributed by atoms with Crippen LogP contribution in [0.25, 0.3) is 0 Å². The molecule has 0 bridgehead atoms. The maximum atomic E-state index is 10.8. The lowest BCUT2D eigenvalue weighted by atomic mass is 10.0. The van der Waals surface area contributed by atoms with Crippen molar-refractivity contribution in [2.45, 2.75) is 90.0 Å². The van der Waals surface area contributed by atoms with Crippen LogP contribution in [0.15, 0.2) is 0 Å². The van der Waals surface area contributed by atoms with Crippen molar-refractivity contribution in [1.82, 2.24) is 4.90 Å². The summed E-state index contributed by atoms with van der Waals surface area (Å²) in [6.45, 7) is 2.26. The summed E-state index contributed by atoms with van der Waals surface area (Å²) in [5.41, 5.74) is 0. The van der Waals surface area contributed by atoms with Gasteiger partial charge >= 0.3 is 5.97 Å². The number of aliphatic carboxylic acids is 1. The van der Waals surface area contributed by atoms with Crippen LogP contribution in [0.2, 0.25) is 0 Å². The Hall–Kier alpha value is -0.570. The second kappa shape index (κ2) is 13.4. The summed E-state index contributed by atoms with van der Waals surface area (Å²) in [6, 6.07) is 0.196. The Kier molecular flexibility index (Phi) is 13.0. The third kappa shape index (κ3) is 12.5. The van der Waals surface area contributed by atoms with Gasteiger partial charge in [-0.3, -0.25) is 4.79 Å². The lowest BCUT2D eigenvalue weighted by molar-refractivity contribution is -0.138. The number of rotatable bonds is 14. The van der Waals surface area contributed by atoms with E-state index in [1.54, 1.807) is 0 Å². The third-order valence-corrected chi connectivity index (χ3v) is 4.03. The van der Waals surface area contributed by atoms with E-state index in [1.807, 2.05) is 19.0 Å². The molecule has 3 nitrogen and oxygen atoms in total. The van der Waals surface area contributed by atoms with E-state index in [-0.39, 0.29) is 12.5 Å². The van der Waals surface area contributed by atoms with E-state index in [2.05, 4.69) is 6.92 Å². The van der Waals surface area contributed by atoms with Crippen LogP contribution in [0.3, 0.4) is 0 Å².